The molecule has 0 aliphatic rings. The van der Waals surface area contributed by atoms with Gasteiger partial charge in [-0.1, -0.05) is 24.3 Å². The summed E-state index contributed by atoms with van der Waals surface area (Å²) in [6.45, 7) is 1.16. The Bertz CT molecular complexity index is 1020. The number of fused-ring (bicyclic) bond motifs is 1. The van der Waals surface area contributed by atoms with Gasteiger partial charge in [-0.15, -0.1) is 0 Å². The van der Waals surface area contributed by atoms with Crippen LogP contribution in [0, 0.1) is 0 Å². The number of ether oxygens (including phenoxy) is 2. The molecule has 0 saturated heterocycles. The van der Waals surface area contributed by atoms with E-state index in [0.717, 1.165) is 10.9 Å². The van der Waals surface area contributed by atoms with E-state index in [1.165, 1.54) is 14.0 Å². The molecule has 2 aromatic carbocycles. The van der Waals surface area contributed by atoms with Crippen LogP contribution < -0.4 is 10.1 Å². The van der Waals surface area contributed by atoms with Gasteiger partial charge in [0.25, 0.3) is 5.91 Å². The fourth-order valence-electron chi connectivity index (χ4n) is 2.81. The van der Waals surface area contributed by atoms with Gasteiger partial charge in [-0.25, -0.2) is 0 Å². The van der Waals surface area contributed by atoms with Gasteiger partial charge in [-0.2, -0.15) is 0 Å². The number of H-pyrrole nitrogens is 1. The van der Waals surface area contributed by atoms with Crippen LogP contribution in [-0.2, 0) is 9.53 Å². The van der Waals surface area contributed by atoms with E-state index in [1.54, 1.807) is 30.5 Å². The molecule has 0 aliphatic heterocycles. The van der Waals surface area contributed by atoms with Crippen molar-refractivity contribution in [2.45, 2.75) is 13.0 Å². The molecular weight excluding hydrogens is 360 g/mol. The lowest BCUT2D eigenvalue weighted by atomic mass is 10.1. The predicted octanol–water partition coefficient (Wildman–Crippen LogP) is 2.72. The van der Waals surface area contributed by atoms with E-state index in [0.29, 0.717) is 16.9 Å². The quantitative estimate of drug-likeness (QED) is 0.485. The lowest BCUT2D eigenvalue weighted by molar-refractivity contribution is -0.145. The van der Waals surface area contributed by atoms with Crippen LogP contribution in [0.4, 0.5) is 0 Å². The van der Waals surface area contributed by atoms with Crippen molar-refractivity contribution in [2.24, 2.45) is 0 Å². The molecule has 0 fully saturated rings. The van der Waals surface area contributed by atoms with Crippen molar-refractivity contribution in [3.8, 4) is 5.75 Å². The van der Waals surface area contributed by atoms with Crippen molar-refractivity contribution in [3.63, 3.8) is 0 Å². The standard InChI is InChI=1S/C21H20N2O5/c1-13(20(25)17-11-22-18-9-4-3-8-16(17)18)28-19(24)12-23-21(26)14-6-5-7-15(10-14)27-2/h3-11,13,22H,12H2,1-2H3,(H,23,26). The van der Waals surface area contributed by atoms with Crippen LogP contribution in [0.1, 0.15) is 27.6 Å². The van der Waals surface area contributed by atoms with Gasteiger partial charge in [-0.05, 0) is 31.2 Å². The normalized spacial score (nSPS) is 11.6. The summed E-state index contributed by atoms with van der Waals surface area (Å²) < 4.78 is 10.2. The van der Waals surface area contributed by atoms with E-state index < -0.39 is 18.0 Å². The van der Waals surface area contributed by atoms with E-state index in [2.05, 4.69) is 10.3 Å². The number of ketones is 1. The number of benzene rings is 2. The highest BCUT2D eigenvalue weighted by Crippen LogP contribution is 2.20. The van der Waals surface area contributed by atoms with Gasteiger partial charge < -0.3 is 19.8 Å². The second-order valence-electron chi connectivity index (χ2n) is 6.16. The Labute approximate surface area is 161 Å². The monoisotopic (exact) mass is 380 g/mol. The summed E-state index contributed by atoms with van der Waals surface area (Å²) in [7, 11) is 1.50. The number of aromatic amines is 1. The summed E-state index contributed by atoms with van der Waals surface area (Å²) in [5.41, 5.74) is 1.64. The van der Waals surface area contributed by atoms with Crippen LogP contribution in [0.5, 0.6) is 5.75 Å². The third kappa shape index (κ3) is 4.20. The molecule has 3 aromatic rings. The van der Waals surface area contributed by atoms with Gasteiger partial charge >= 0.3 is 5.97 Å². The van der Waals surface area contributed by atoms with Crippen LogP contribution in [0.15, 0.2) is 54.7 Å². The number of esters is 1. The molecule has 0 bridgehead atoms. The zero-order valence-electron chi connectivity index (χ0n) is 15.5. The fraction of sp³-hybridized carbons (Fsp3) is 0.190. The second-order valence-corrected chi connectivity index (χ2v) is 6.16. The Balaban J connectivity index is 1.56. The molecule has 1 heterocycles. The topological polar surface area (TPSA) is 97.5 Å². The molecule has 7 heteroatoms. The van der Waals surface area contributed by atoms with Gasteiger partial charge in [0.1, 0.15) is 12.3 Å². The number of carbonyl (C=O) groups excluding carboxylic acids is 3. The first-order chi connectivity index (χ1) is 13.5. The minimum absolute atomic E-state index is 0.315. The van der Waals surface area contributed by atoms with Crippen molar-refractivity contribution in [1.29, 1.82) is 0 Å². The molecule has 0 saturated carbocycles. The number of aromatic nitrogens is 1. The number of rotatable bonds is 7. The molecule has 0 spiro atoms. The molecule has 0 aliphatic carbocycles. The largest absolute Gasteiger partial charge is 0.497 e. The molecule has 1 aromatic heterocycles. The maximum atomic E-state index is 12.6. The van der Waals surface area contributed by atoms with Gasteiger partial charge in [0.2, 0.25) is 5.78 Å². The van der Waals surface area contributed by atoms with E-state index in [9.17, 15) is 14.4 Å². The van der Waals surface area contributed by atoms with Gasteiger partial charge in [0, 0.05) is 28.2 Å². The number of carbonyl (C=O) groups is 3. The lowest BCUT2D eigenvalue weighted by Crippen LogP contribution is -2.34. The van der Waals surface area contributed by atoms with E-state index in [-0.39, 0.29) is 12.3 Å². The maximum Gasteiger partial charge on any atom is 0.326 e. The van der Waals surface area contributed by atoms with Crippen LogP contribution in [-0.4, -0.2) is 42.4 Å². The molecule has 0 radical (unpaired) electrons. The molecule has 1 amide bonds. The van der Waals surface area contributed by atoms with Crippen LogP contribution in [0.25, 0.3) is 10.9 Å². The summed E-state index contributed by atoms with van der Waals surface area (Å²) in [5, 5.41) is 3.24. The minimum Gasteiger partial charge on any atom is -0.497 e. The highest BCUT2D eigenvalue weighted by atomic mass is 16.5. The SMILES string of the molecule is COc1cccc(C(=O)NCC(=O)OC(C)C(=O)c2c[nH]c3ccccc23)c1. The molecule has 7 nitrogen and oxygen atoms in total. The smallest absolute Gasteiger partial charge is 0.326 e. The van der Waals surface area contributed by atoms with Gasteiger partial charge in [0.05, 0.1) is 7.11 Å². The Hall–Kier alpha value is -3.61. The number of hydrogen-bond donors (Lipinski definition) is 2. The first-order valence-corrected chi connectivity index (χ1v) is 8.71. The number of methoxy groups -OCH3 is 1. The number of Topliss-reactive ketones (excluding diaryl/α,β-unsaturated/α-hetero) is 1. The van der Waals surface area contributed by atoms with Crippen molar-refractivity contribution in [1.82, 2.24) is 10.3 Å². The zero-order chi connectivity index (χ0) is 20.1. The summed E-state index contributed by atoms with van der Waals surface area (Å²) in [5.74, 6) is -0.915. The van der Waals surface area contributed by atoms with Crippen molar-refractivity contribution in [2.75, 3.05) is 13.7 Å². The Kier molecular flexibility index (Phi) is 5.74. The van der Waals surface area contributed by atoms with E-state index >= 15 is 0 Å². The van der Waals surface area contributed by atoms with Crippen LogP contribution in [0.2, 0.25) is 0 Å². The van der Waals surface area contributed by atoms with Crippen LogP contribution >= 0.6 is 0 Å². The Morgan fingerprint density at radius 1 is 1.11 bits per heavy atom. The minimum atomic E-state index is -0.972. The lowest BCUT2D eigenvalue weighted by Gasteiger charge is -2.12. The molecule has 1 atom stereocenters. The molecule has 2 N–H and O–H groups in total. The third-order valence-electron chi connectivity index (χ3n) is 4.26. The molecule has 3 rings (SSSR count). The first-order valence-electron chi connectivity index (χ1n) is 8.71. The van der Waals surface area contributed by atoms with Crippen LogP contribution in [0.3, 0.4) is 0 Å². The third-order valence-corrected chi connectivity index (χ3v) is 4.26. The predicted molar refractivity (Wildman–Crippen MR) is 104 cm³/mol. The highest BCUT2D eigenvalue weighted by Gasteiger charge is 2.22. The number of amides is 1. The highest BCUT2D eigenvalue weighted by molar-refractivity contribution is 6.10. The summed E-state index contributed by atoms with van der Waals surface area (Å²) in [4.78, 5) is 39.8. The van der Waals surface area contributed by atoms with Crippen molar-refractivity contribution in [3.05, 3.63) is 65.9 Å². The molecule has 144 valence electrons. The second kappa shape index (κ2) is 8.39. The number of para-hydroxylation sites is 1. The number of nitrogens with one attached hydrogen (secondary N) is 2. The Morgan fingerprint density at radius 3 is 2.68 bits per heavy atom. The summed E-state index contributed by atoms with van der Waals surface area (Å²) >= 11 is 0. The van der Waals surface area contributed by atoms with Gasteiger partial charge in [-0.3, -0.25) is 14.4 Å². The van der Waals surface area contributed by atoms with Crippen molar-refractivity contribution < 1.29 is 23.9 Å². The van der Waals surface area contributed by atoms with Gasteiger partial charge in [0.15, 0.2) is 6.10 Å². The van der Waals surface area contributed by atoms with E-state index in [4.69, 9.17) is 9.47 Å². The molecule has 28 heavy (non-hydrogen) atoms. The fourth-order valence-corrected chi connectivity index (χ4v) is 2.81. The zero-order valence-corrected chi connectivity index (χ0v) is 15.5. The first kappa shape index (κ1) is 19.2. The number of hydrogen-bond acceptors (Lipinski definition) is 5. The maximum absolute atomic E-state index is 12.6. The average molecular weight is 380 g/mol. The molecule has 1 unspecified atom stereocenters. The summed E-state index contributed by atoms with van der Waals surface area (Å²) in [6, 6.07) is 13.9. The van der Waals surface area contributed by atoms with Crippen molar-refractivity contribution >= 4 is 28.6 Å². The molecular formula is C21H20N2O5. The average Bonchev–Trinajstić information content (AvgIpc) is 3.15. The van der Waals surface area contributed by atoms with E-state index in [1.807, 2.05) is 24.3 Å². The Morgan fingerprint density at radius 2 is 1.89 bits per heavy atom. The summed E-state index contributed by atoms with van der Waals surface area (Å²) in [6.07, 6.45) is 0.627.